The van der Waals surface area contributed by atoms with Crippen LogP contribution in [0.25, 0.3) is 53.9 Å². The van der Waals surface area contributed by atoms with Crippen LogP contribution in [0.3, 0.4) is 0 Å². The van der Waals surface area contributed by atoms with E-state index in [-0.39, 0.29) is 29.7 Å². The fraction of sp³-hybridized carbons (Fsp3) is 0.330. The molecule has 138 heavy (non-hydrogen) atoms. The molecule has 10 heterocycles. The molecule has 722 valence electrons. The SMILES string of the molecule is CC.COCC1CN(C(c2ccccc2)(c2ccccc2)c2ccccc2)CCN1.COCC1CN(Cc2ccccc2)CCN1c1nc(Cl)cc2ccccc12.COCC1CN(Cc2ccccc2)CCN1c1nc(OC)cc2ccccc12.COCC1CNCCN1c1nc(Cl)cc2ccccc12.COCC1CNCCN1c1nc(OC)cc2ccccc12.Clc1cc2ccccc2c(Cl)n1. The number of piperazine rings is 5. The summed E-state index contributed by atoms with van der Waals surface area (Å²) in [6.45, 7) is 23.3. The third kappa shape index (κ3) is 26.5. The summed E-state index contributed by atoms with van der Waals surface area (Å²) in [5.41, 5.74) is 6.24. The van der Waals surface area contributed by atoms with Gasteiger partial charge >= 0.3 is 0 Å². The van der Waals surface area contributed by atoms with E-state index in [4.69, 9.17) is 89.5 Å². The summed E-state index contributed by atoms with van der Waals surface area (Å²) in [5.74, 6) is 5.18. The predicted octanol–water partition coefficient (Wildman–Crippen LogP) is 20.3. The van der Waals surface area contributed by atoms with Crippen molar-refractivity contribution in [2.24, 2.45) is 0 Å². The van der Waals surface area contributed by atoms with Crippen molar-refractivity contribution in [3.05, 3.63) is 352 Å². The summed E-state index contributed by atoms with van der Waals surface area (Å²) in [5, 5.41) is 23.5. The van der Waals surface area contributed by atoms with Gasteiger partial charge in [0, 0.05) is 192 Å². The molecule has 5 aliphatic rings. The van der Waals surface area contributed by atoms with E-state index < -0.39 is 0 Å². The van der Waals surface area contributed by atoms with Crippen molar-refractivity contribution in [3.8, 4) is 11.8 Å². The molecular formula is C112H129Cl4N15O7. The lowest BCUT2D eigenvalue weighted by Gasteiger charge is -2.49. The molecule has 5 fully saturated rings. The molecule has 22 nitrogen and oxygen atoms in total. The first-order valence-electron chi connectivity index (χ1n) is 47.6. The number of benzene rings is 10. The van der Waals surface area contributed by atoms with Gasteiger partial charge in [0.05, 0.1) is 77.0 Å². The predicted molar refractivity (Wildman–Crippen MR) is 569 cm³/mol. The van der Waals surface area contributed by atoms with E-state index in [9.17, 15) is 0 Å². The third-order valence-electron chi connectivity index (χ3n) is 25.4. The van der Waals surface area contributed by atoms with Crippen molar-refractivity contribution < 1.29 is 33.2 Å². The van der Waals surface area contributed by atoms with Gasteiger partial charge in [-0.1, -0.05) is 333 Å². The molecule has 5 atom stereocenters. The monoisotopic (exact) mass is 1940 g/mol. The van der Waals surface area contributed by atoms with Crippen LogP contribution in [0.2, 0.25) is 20.6 Å². The van der Waals surface area contributed by atoms with Crippen molar-refractivity contribution in [2.45, 2.75) is 62.7 Å². The van der Waals surface area contributed by atoms with E-state index in [0.29, 0.717) is 71.4 Å². The first-order chi connectivity index (χ1) is 67.8. The summed E-state index contributed by atoms with van der Waals surface area (Å²) in [6.07, 6.45) is 0. The molecule has 5 aromatic heterocycles. The van der Waals surface area contributed by atoms with Gasteiger partial charge < -0.3 is 68.7 Å². The Morgan fingerprint density at radius 2 is 0.623 bits per heavy atom. The van der Waals surface area contributed by atoms with Gasteiger partial charge in [0.1, 0.15) is 43.9 Å². The van der Waals surface area contributed by atoms with Gasteiger partial charge in [0.2, 0.25) is 11.8 Å². The highest BCUT2D eigenvalue weighted by Gasteiger charge is 2.44. The van der Waals surface area contributed by atoms with Crippen LogP contribution in [-0.4, -0.2) is 251 Å². The lowest BCUT2D eigenvalue weighted by molar-refractivity contribution is 0.0735. The number of fused-ring (bicyclic) bond motifs is 5. The minimum atomic E-state index is -0.335. The van der Waals surface area contributed by atoms with E-state index in [1.165, 1.54) is 27.8 Å². The molecule has 0 aliphatic carbocycles. The maximum absolute atomic E-state index is 6.32. The number of pyridine rings is 5. The number of hydrogen-bond donors (Lipinski definition) is 3. The first kappa shape index (κ1) is 103. The summed E-state index contributed by atoms with van der Waals surface area (Å²) in [7, 11) is 12.1. The second-order valence-corrected chi connectivity index (χ2v) is 35.8. The number of hydrogen-bond acceptors (Lipinski definition) is 22. The Morgan fingerprint density at radius 1 is 0.312 bits per heavy atom. The van der Waals surface area contributed by atoms with E-state index >= 15 is 0 Å². The zero-order chi connectivity index (χ0) is 96.4. The fourth-order valence-electron chi connectivity index (χ4n) is 19.1. The maximum Gasteiger partial charge on any atom is 0.215 e. The molecule has 0 radical (unpaired) electrons. The standard InChI is InChI=1S/C25H28N2O.C23H27N3O2.C22H24ClN3O.C16H21N3O2.C15H18ClN3O.C9H5Cl2N.C2H6/c1-28-20-24-19-27(18-17-26-24)25(21-11-5-2-6-12-21,22-13-7-3-8-14-22)23-15-9-4-10-16-23;1-27-17-20-16-25(15-18-8-4-3-5-9-18)12-13-26(20)23-21-11-7-6-10-19(21)14-22(24-23)28-2;1-27-16-19-15-25(14-17-7-3-2-4-8-17)11-12-26(19)22-20-10-6-5-9-18(20)13-21(23)24-22;1-20-11-13-10-17-7-8-19(13)16-14-6-4-3-5-12(14)9-15(18-16)21-2;1-20-10-12-9-17-6-7-19(12)15-13-5-3-2-4-11(13)8-14(16)18-15;10-8-5-6-3-1-2-4-7(6)9(11)12-8;1-2/h2-16,24,26H,17-20H2,1H3;3-11,14,20H,12-13,15-17H2,1-2H3;2-10,13,19H,11-12,14-16H2,1H3;3-6,9,13,17H,7-8,10-11H2,1-2H3;2-5,8,12,17H,6-7,9-10H2,1H3;1-5H;1-2H3. The van der Waals surface area contributed by atoms with E-state index in [1.807, 2.05) is 92.7 Å². The number of nitrogens with one attached hydrogen (secondary N) is 3. The molecule has 3 N–H and O–H groups in total. The molecule has 0 amide bonds. The number of anilines is 4. The summed E-state index contributed by atoms with van der Waals surface area (Å²) < 4.78 is 38.1. The number of nitrogens with zero attached hydrogens (tertiary/aromatic N) is 12. The van der Waals surface area contributed by atoms with E-state index in [0.717, 1.165) is 188 Å². The number of ether oxygens (including phenoxy) is 7. The molecule has 0 saturated carbocycles. The molecule has 5 saturated heterocycles. The first-order valence-corrected chi connectivity index (χ1v) is 49.1. The second kappa shape index (κ2) is 52.7. The molecule has 20 rings (SSSR count). The Labute approximate surface area is 833 Å². The summed E-state index contributed by atoms with van der Waals surface area (Å²) in [4.78, 5) is 39.7. The fourth-order valence-corrected chi connectivity index (χ4v) is 20.1. The van der Waals surface area contributed by atoms with Crippen molar-refractivity contribution in [3.63, 3.8) is 0 Å². The molecule has 0 spiro atoms. The molecule has 5 aliphatic heterocycles. The Kier molecular flexibility index (Phi) is 39.2. The van der Waals surface area contributed by atoms with Gasteiger partial charge in [-0.05, 0) is 72.9 Å². The number of rotatable bonds is 24. The van der Waals surface area contributed by atoms with Gasteiger partial charge in [-0.15, -0.1) is 0 Å². The zero-order valence-corrected chi connectivity index (χ0v) is 83.6. The van der Waals surface area contributed by atoms with Crippen LogP contribution in [0, 0.1) is 0 Å². The number of methoxy groups -OCH3 is 7. The highest BCUT2D eigenvalue weighted by atomic mass is 35.5. The van der Waals surface area contributed by atoms with E-state index in [1.54, 1.807) is 55.8 Å². The van der Waals surface area contributed by atoms with Crippen LogP contribution >= 0.6 is 46.4 Å². The molecule has 15 aromatic rings. The Morgan fingerprint density at radius 3 is 0.993 bits per heavy atom. The molecular weight excluding hydrogens is 1810 g/mol. The highest BCUT2D eigenvalue weighted by molar-refractivity contribution is 6.36. The van der Waals surface area contributed by atoms with Crippen molar-refractivity contribution in [2.75, 3.05) is 201 Å². The third-order valence-corrected chi connectivity index (χ3v) is 26.3. The molecule has 5 unspecified atom stereocenters. The van der Waals surface area contributed by atoms with Crippen molar-refractivity contribution in [1.29, 1.82) is 0 Å². The van der Waals surface area contributed by atoms with Crippen LogP contribution in [-0.2, 0) is 42.3 Å². The van der Waals surface area contributed by atoms with Crippen LogP contribution in [0.4, 0.5) is 23.3 Å². The van der Waals surface area contributed by atoms with Gasteiger partial charge in [0.15, 0.2) is 0 Å². The molecule has 0 bridgehead atoms. The van der Waals surface area contributed by atoms with Gasteiger partial charge in [-0.3, -0.25) is 14.7 Å². The normalized spacial score (nSPS) is 17.5. The van der Waals surface area contributed by atoms with Crippen molar-refractivity contribution >= 4 is 124 Å². The minimum Gasteiger partial charge on any atom is -0.481 e. The molecule has 10 aromatic carbocycles. The quantitative estimate of drug-likeness (QED) is 0.0382. The Bertz CT molecular complexity index is 6140. The summed E-state index contributed by atoms with van der Waals surface area (Å²) in [6, 6.07) is 106. The summed E-state index contributed by atoms with van der Waals surface area (Å²) >= 11 is 24.1. The Hall–Kier alpha value is -11.2. The van der Waals surface area contributed by atoms with Gasteiger partial charge in [0.25, 0.3) is 0 Å². The maximum atomic E-state index is 6.32. The second-order valence-electron chi connectivity index (χ2n) is 34.3. The van der Waals surface area contributed by atoms with Crippen LogP contribution < -0.4 is 45.0 Å². The lowest BCUT2D eigenvalue weighted by Crippen LogP contribution is -2.60. The van der Waals surface area contributed by atoms with E-state index in [2.05, 4.69) is 284 Å². The average molecular weight is 1940 g/mol. The average Bonchev–Trinajstić information content (AvgIpc) is 0.733. The van der Waals surface area contributed by atoms with Gasteiger partial charge in [-0.25, -0.2) is 15.0 Å². The lowest BCUT2D eigenvalue weighted by atomic mass is 9.75. The van der Waals surface area contributed by atoms with Crippen molar-refractivity contribution in [1.82, 2.24) is 55.6 Å². The topological polar surface area (TPSA) is 188 Å². The van der Waals surface area contributed by atoms with Crippen LogP contribution in [0.15, 0.2) is 303 Å². The van der Waals surface area contributed by atoms with Crippen LogP contribution in [0.1, 0.15) is 41.7 Å². The Balaban J connectivity index is 0.000000134. The molecule has 26 heteroatoms. The number of halogens is 4. The smallest absolute Gasteiger partial charge is 0.215 e. The zero-order valence-electron chi connectivity index (χ0n) is 80.5. The van der Waals surface area contributed by atoms with Gasteiger partial charge in [-0.2, -0.15) is 9.97 Å². The largest absolute Gasteiger partial charge is 0.481 e. The van der Waals surface area contributed by atoms with Crippen LogP contribution in [0.5, 0.6) is 11.8 Å². The minimum absolute atomic E-state index is 0.238. The highest BCUT2D eigenvalue weighted by Crippen LogP contribution is 2.44. The number of aromatic nitrogens is 5.